The van der Waals surface area contributed by atoms with E-state index in [0.717, 1.165) is 5.56 Å². The van der Waals surface area contributed by atoms with Gasteiger partial charge >= 0.3 is 12.1 Å². The summed E-state index contributed by atoms with van der Waals surface area (Å²) in [5.41, 5.74) is 0.349. The number of rotatable bonds is 4. The minimum Gasteiger partial charge on any atom is -0.459 e. The molecule has 20 heavy (non-hydrogen) atoms. The highest BCUT2D eigenvalue weighted by Gasteiger charge is 2.19. The van der Waals surface area contributed by atoms with E-state index in [4.69, 9.17) is 9.47 Å². The van der Waals surface area contributed by atoms with Crippen molar-refractivity contribution in [2.75, 3.05) is 6.61 Å². The zero-order valence-electron chi connectivity index (χ0n) is 12.5. The number of nitrogens with one attached hydrogen (secondary N) is 1. The van der Waals surface area contributed by atoms with Gasteiger partial charge in [-0.1, -0.05) is 0 Å². The molecule has 0 bridgehead atoms. The molecule has 0 fully saturated rings. The van der Waals surface area contributed by atoms with Crippen molar-refractivity contribution in [1.82, 2.24) is 5.32 Å². The van der Waals surface area contributed by atoms with E-state index >= 15 is 0 Å². The topological polar surface area (TPSA) is 64.6 Å². The first-order valence-corrected chi connectivity index (χ1v) is 7.28. The molecule has 1 amide bonds. The summed E-state index contributed by atoms with van der Waals surface area (Å²) in [6, 6.07) is 1.55. The van der Waals surface area contributed by atoms with Crippen molar-refractivity contribution in [3.8, 4) is 0 Å². The van der Waals surface area contributed by atoms with Gasteiger partial charge in [-0.3, -0.25) is 0 Å². The molecule has 0 saturated carbocycles. The third-order valence-corrected chi connectivity index (χ3v) is 3.27. The average Bonchev–Trinajstić information content (AvgIpc) is 2.69. The van der Waals surface area contributed by atoms with E-state index in [1.807, 2.05) is 18.4 Å². The van der Waals surface area contributed by atoms with E-state index in [1.165, 1.54) is 11.3 Å². The molecule has 0 aromatic carbocycles. The van der Waals surface area contributed by atoms with Crippen LogP contribution in [0.15, 0.2) is 11.4 Å². The SMILES string of the molecule is Cc1ccsc1C(=O)OC[C@@H](C)NC(=O)OC(C)(C)C. The van der Waals surface area contributed by atoms with Crippen LogP contribution >= 0.6 is 11.3 Å². The van der Waals surface area contributed by atoms with Crippen LogP contribution in [0, 0.1) is 6.92 Å². The van der Waals surface area contributed by atoms with Crippen LogP contribution in [0.2, 0.25) is 0 Å². The Kier molecular flexibility index (Phi) is 5.56. The Bertz CT molecular complexity index is 476. The second-order valence-electron chi connectivity index (χ2n) is 5.58. The molecule has 6 heteroatoms. The minimum absolute atomic E-state index is 0.107. The summed E-state index contributed by atoms with van der Waals surface area (Å²) in [6.07, 6.45) is -0.520. The molecule has 0 unspecified atom stereocenters. The Labute approximate surface area is 123 Å². The van der Waals surface area contributed by atoms with Crippen molar-refractivity contribution < 1.29 is 19.1 Å². The lowest BCUT2D eigenvalue weighted by Crippen LogP contribution is -2.40. The Balaban J connectivity index is 2.37. The van der Waals surface area contributed by atoms with Gasteiger partial charge in [0, 0.05) is 0 Å². The van der Waals surface area contributed by atoms with Crippen LogP contribution in [0.1, 0.15) is 42.9 Å². The number of hydrogen-bond acceptors (Lipinski definition) is 5. The van der Waals surface area contributed by atoms with Gasteiger partial charge < -0.3 is 14.8 Å². The second kappa shape index (κ2) is 6.74. The summed E-state index contributed by atoms with van der Waals surface area (Å²) in [4.78, 5) is 23.9. The Hall–Kier alpha value is -1.56. The molecule has 0 radical (unpaired) electrons. The molecule has 5 nitrogen and oxygen atoms in total. The first-order valence-electron chi connectivity index (χ1n) is 6.40. The van der Waals surface area contributed by atoms with Crippen LogP contribution in [0.4, 0.5) is 4.79 Å². The number of ether oxygens (including phenoxy) is 2. The van der Waals surface area contributed by atoms with Gasteiger partial charge in [-0.25, -0.2) is 9.59 Å². The normalized spacial score (nSPS) is 12.7. The van der Waals surface area contributed by atoms with Gasteiger partial charge in [0.25, 0.3) is 0 Å². The van der Waals surface area contributed by atoms with Gasteiger partial charge in [0.2, 0.25) is 0 Å². The predicted octanol–water partition coefficient (Wildman–Crippen LogP) is 3.13. The molecule has 1 N–H and O–H groups in total. The third kappa shape index (κ3) is 5.61. The van der Waals surface area contributed by atoms with E-state index in [2.05, 4.69) is 5.32 Å². The predicted molar refractivity (Wildman–Crippen MR) is 78.2 cm³/mol. The fourth-order valence-corrected chi connectivity index (χ4v) is 2.22. The number of thiophene rings is 1. The number of carbonyl (C=O) groups excluding carboxylic acids is 2. The Morgan fingerprint density at radius 1 is 1.40 bits per heavy atom. The van der Waals surface area contributed by atoms with Crippen LogP contribution in [-0.4, -0.2) is 30.3 Å². The van der Waals surface area contributed by atoms with Crippen molar-refractivity contribution in [2.24, 2.45) is 0 Å². The zero-order chi connectivity index (χ0) is 15.3. The van der Waals surface area contributed by atoms with Crippen molar-refractivity contribution >= 4 is 23.4 Å². The molecule has 112 valence electrons. The molecule has 0 spiro atoms. The molecule has 0 saturated heterocycles. The van der Waals surface area contributed by atoms with Crippen LogP contribution in [0.25, 0.3) is 0 Å². The number of carbonyl (C=O) groups is 2. The zero-order valence-corrected chi connectivity index (χ0v) is 13.3. The number of aryl methyl sites for hydroxylation is 1. The quantitative estimate of drug-likeness (QED) is 0.868. The highest BCUT2D eigenvalue weighted by Crippen LogP contribution is 2.16. The first-order chi connectivity index (χ1) is 9.19. The highest BCUT2D eigenvalue weighted by molar-refractivity contribution is 7.12. The third-order valence-electron chi connectivity index (χ3n) is 2.28. The van der Waals surface area contributed by atoms with Crippen molar-refractivity contribution in [3.05, 3.63) is 21.9 Å². The maximum atomic E-state index is 11.8. The standard InChI is InChI=1S/C14H21NO4S/c1-9-6-7-20-11(9)12(16)18-8-10(2)15-13(17)19-14(3,4)5/h6-7,10H,8H2,1-5H3,(H,15,17)/t10-/m1/s1. The summed E-state index contributed by atoms with van der Waals surface area (Å²) in [5, 5.41) is 4.46. The van der Waals surface area contributed by atoms with Crippen molar-refractivity contribution in [2.45, 2.75) is 46.3 Å². The molecule has 0 aliphatic carbocycles. The van der Waals surface area contributed by atoms with Crippen molar-refractivity contribution in [1.29, 1.82) is 0 Å². The molecule has 1 atom stereocenters. The minimum atomic E-state index is -0.547. The molecule has 1 aromatic heterocycles. The summed E-state index contributed by atoms with van der Waals surface area (Å²) in [7, 11) is 0. The monoisotopic (exact) mass is 299 g/mol. The lowest BCUT2D eigenvalue weighted by atomic mass is 10.2. The first kappa shape index (κ1) is 16.5. The fourth-order valence-electron chi connectivity index (χ4n) is 1.40. The summed E-state index contributed by atoms with van der Waals surface area (Å²) in [6.45, 7) is 9.08. The smallest absolute Gasteiger partial charge is 0.407 e. The van der Waals surface area contributed by atoms with Gasteiger partial charge in [-0.15, -0.1) is 11.3 Å². The van der Waals surface area contributed by atoms with Gasteiger partial charge in [0.1, 0.15) is 17.1 Å². The summed E-state index contributed by atoms with van der Waals surface area (Å²) < 4.78 is 10.3. The van der Waals surface area contributed by atoms with Crippen LogP contribution in [0.5, 0.6) is 0 Å². The molecular formula is C14H21NO4S. The molecule has 1 rings (SSSR count). The maximum absolute atomic E-state index is 11.8. The van der Waals surface area contributed by atoms with E-state index in [-0.39, 0.29) is 18.6 Å². The van der Waals surface area contributed by atoms with Crippen LogP contribution < -0.4 is 5.32 Å². The maximum Gasteiger partial charge on any atom is 0.407 e. The van der Waals surface area contributed by atoms with E-state index in [0.29, 0.717) is 4.88 Å². The molecule has 0 aliphatic heterocycles. The van der Waals surface area contributed by atoms with Crippen LogP contribution in [-0.2, 0) is 9.47 Å². The Morgan fingerprint density at radius 3 is 2.55 bits per heavy atom. The number of hydrogen-bond donors (Lipinski definition) is 1. The largest absolute Gasteiger partial charge is 0.459 e. The van der Waals surface area contributed by atoms with Gasteiger partial charge in [-0.2, -0.15) is 0 Å². The summed E-state index contributed by atoms with van der Waals surface area (Å²) in [5.74, 6) is -0.365. The van der Waals surface area contributed by atoms with E-state index < -0.39 is 11.7 Å². The van der Waals surface area contributed by atoms with Gasteiger partial charge in [-0.05, 0) is 51.6 Å². The van der Waals surface area contributed by atoms with E-state index in [1.54, 1.807) is 27.7 Å². The molecule has 0 aliphatic rings. The van der Waals surface area contributed by atoms with Crippen LogP contribution in [0.3, 0.4) is 0 Å². The van der Waals surface area contributed by atoms with Gasteiger partial charge in [0.15, 0.2) is 0 Å². The van der Waals surface area contributed by atoms with Gasteiger partial charge in [0.05, 0.1) is 6.04 Å². The summed E-state index contributed by atoms with van der Waals surface area (Å²) >= 11 is 1.34. The number of esters is 1. The Morgan fingerprint density at radius 2 is 2.05 bits per heavy atom. The molecule has 1 heterocycles. The number of alkyl carbamates (subject to hydrolysis) is 1. The lowest BCUT2D eigenvalue weighted by molar-refractivity contribution is 0.0383. The second-order valence-corrected chi connectivity index (χ2v) is 6.49. The van der Waals surface area contributed by atoms with E-state index in [9.17, 15) is 9.59 Å². The highest BCUT2D eigenvalue weighted by atomic mass is 32.1. The van der Waals surface area contributed by atoms with Crippen molar-refractivity contribution in [3.63, 3.8) is 0 Å². The molecular weight excluding hydrogens is 278 g/mol. The number of amides is 1. The lowest BCUT2D eigenvalue weighted by Gasteiger charge is -2.21. The fraction of sp³-hybridized carbons (Fsp3) is 0.571. The average molecular weight is 299 g/mol. The molecule has 1 aromatic rings.